The van der Waals surface area contributed by atoms with Crippen molar-refractivity contribution in [2.45, 2.75) is 128 Å². The van der Waals surface area contributed by atoms with Gasteiger partial charge in [-0.1, -0.05) is 46.9 Å². The molecular formula is C33H53N3O5S3. The van der Waals surface area contributed by atoms with Crippen LogP contribution in [0.2, 0.25) is 0 Å². The number of aromatic nitrogens is 2. The molecule has 2 heterocycles. The van der Waals surface area contributed by atoms with Crippen molar-refractivity contribution in [3.05, 3.63) is 47.5 Å². The summed E-state index contributed by atoms with van der Waals surface area (Å²) in [6, 6.07) is 12.1. The quantitative estimate of drug-likeness (QED) is 0.169. The fourth-order valence-corrected chi connectivity index (χ4v) is 7.34. The molecule has 44 heavy (non-hydrogen) atoms. The zero-order chi connectivity index (χ0) is 30.7. The number of thioether (sulfide) groups is 1. The Hall–Kier alpha value is -2.21. The molecule has 0 amide bonds. The van der Waals surface area contributed by atoms with E-state index in [2.05, 4.69) is 27.2 Å². The first-order chi connectivity index (χ1) is 19.9. The molecule has 1 N–H and O–H groups in total. The Bertz CT molecular complexity index is 1350. The van der Waals surface area contributed by atoms with Crippen LogP contribution < -0.4 is 9.46 Å². The third kappa shape index (κ3) is 13.8. The number of rotatable bonds is 10. The number of sulfonamides is 1. The Balaban J connectivity index is 0.000000358. The van der Waals surface area contributed by atoms with E-state index in [0.29, 0.717) is 5.88 Å². The average Bonchev–Trinajstić information content (AvgIpc) is 3.44. The average molecular weight is 668 g/mol. The van der Waals surface area contributed by atoms with Crippen molar-refractivity contribution in [1.29, 1.82) is 0 Å². The lowest BCUT2D eigenvalue weighted by molar-refractivity contribution is -0.152. The van der Waals surface area contributed by atoms with Gasteiger partial charge in [-0.05, 0) is 89.8 Å². The van der Waals surface area contributed by atoms with Crippen molar-refractivity contribution in [3.8, 4) is 5.88 Å². The molecule has 0 saturated heterocycles. The molecule has 3 aromatic rings. The molecule has 0 atom stereocenters. The highest BCUT2D eigenvalue weighted by atomic mass is 32.2. The van der Waals surface area contributed by atoms with E-state index in [0.717, 1.165) is 48.2 Å². The van der Waals surface area contributed by atoms with Gasteiger partial charge in [0.15, 0.2) is 0 Å². The molecule has 0 aliphatic heterocycles. The Morgan fingerprint density at radius 1 is 0.955 bits per heavy atom. The number of nitrogens with one attached hydrogen (secondary N) is 1. The molecule has 0 unspecified atom stereocenters. The molecule has 2 saturated carbocycles. The summed E-state index contributed by atoms with van der Waals surface area (Å²) < 4.78 is 37.1. The van der Waals surface area contributed by atoms with E-state index in [9.17, 15) is 13.2 Å². The number of carbonyl (C=O) groups is 1. The van der Waals surface area contributed by atoms with Gasteiger partial charge in [-0.15, -0.1) is 23.1 Å². The monoisotopic (exact) mass is 667 g/mol. The first-order valence-electron chi connectivity index (χ1n) is 14.7. The predicted molar refractivity (Wildman–Crippen MR) is 186 cm³/mol. The summed E-state index contributed by atoms with van der Waals surface area (Å²) in [5.74, 6) is 1.39. The van der Waals surface area contributed by atoms with E-state index >= 15 is 0 Å². The lowest BCUT2D eigenvalue weighted by Crippen LogP contribution is -2.32. The van der Waals surface area contributed by atoms with Crippen LogP contribution in [0, 0.1) is 5.92 Å². The predicted octanol–water partition coefficient (Wildman–Crippen LogP) is 8.65. The summed E-state index contributed by atoms with van der Waals surface area (Å²) in [5.41, 5.74) is 2.69. The van der Waals surface area contributed by atoms with Gasteiger partial charge in [-0.3, -0.25) is 4.79 Å². The van der Waals surface area contributed by atoms with E-state index < -0.39 is 10.0 Å². The van der Waals surface area contributed by atoms with Crippen LogP contribution >= 0.6 is 23.1 Å². The maximum atomic E-state index is 11.1. The summed E-state index contributed by atoms with van der Waals surface area (Å²) in [4.78, 5) is 20.4. The van der Waals surface area contributed by atoms with Crippen LogP contribution in [-0.4, -0.2) is 47.9 Å². The third-order valence-electron chi connectivity index (χ3n) is 6.22. The summed E-state index contributed by atoms with van der Waals surface area (Å²) in [5, 5.41) is 2.00. The fraction of sp³-hybridized carbons (Fsp3) is 0.606. The minimum absolute atomic E-state index is 0. The normalized spacial score (nSPS) is 14.7. The SMILES string of the molecule is C.C.CC(C)C(=O)OC1CCCC1.CC(C)NS(=O)(=O)C1CC1.CC(C)Oc1nc2ccccc2nc1CSc1cccs1. The van der Waals surface area contributed by atoms with Gasteiger partial charge in [0.1, 0.15) is 11.8 Å². The molecule has 1 aromatic carbocycles. The van der Waals surface area contributed by atoms with Gasteiger partial charge in [0, 0.05) is 11.8 Å². The van der Waals surface area contributed by atoms with Crippen LogP contribution in [0.3, 0.4) is 0 Å². The Kier molecular flexibility index (Phi) is 17.5. The van der Waals surface area contributed by atoms with Gasteiger partial charge < -0.3 is 9.47 Å². The van der Waals surface area contributed by atoms with Crippen LogP contribution in [-0.2, 0) is 25.3 Å². The molecule has 8 nitrogen and oxygen atoms in total. The van der Waals surface area contributed by atoms with Crippen molar-refractivity contribution in [2.24, 2.45) is 5.92 Å². The number of thiophene rings is 1. The van der Waals surface area contributed by atoms with Crippen molar-refractivity contribution in [2.75, 3.05) is 0 Å². The van der Waals surface area contributed by atoms with Gasteiger partial charge in [0.05, 0.1) is 32.5 Å². The first-order valence-corrected chi connectivity index (χ1v) is 18.2. The minimum atomic E-state index is -2.94. The summed E-state index contributed by atoms with van der Waals surface area (Å²) in [6.45, 7) is 11.4. The highest BCUT2D eigenvalue weighted by Crippen LogP contribution is 2.30. The molecule has 11 heteroatoms. The minimum Gasteiger partial charge on any atom is -0.474 e. The van der Waals surface area contributed by atoms with Crippen molar-refractivity contribution in [3.63, 3.8) is 0 Å². The van der Waals surface area contributed by atoms with E-state index in [4.69, 9.17) is 14.5 Å². The number of carbonyl (C=O) groups excluding carboxylic acids is 1. The smallest absolute Gasteiger partial charge is 0.308 e. The van der Waals surface area contributed by atoms with E-state index in [-0.39, 0.29) is 50.2 Å². The van der Waals surface area contributed by atoms with Gasteiger partial charge in [0.2, 0.25) is 15.9 Å². The highest BCUT2D eigenvalue weighted by Gasteiger charge is 2.35. The second kappa shape index (κ2) is 19.3. The van der Waals surface area contributed by atoms with E-state index in [1.807, 2.05) is 65.8 Å². The van der Waals surface area contributed by atoms with Gasteiger partial charge >= 0.3 is 5.97 Å². The van der Waals surface area contributed by atoms with Crippen LogP contribution in [0.5, 0.6) is 5.88 Å². The van der Waals surface area contributed by atoms with E-state index in [1.165, 1.54) is 17.1 Å². The number of hydrogen-bond donors (Lipinski definition) is 1. The zero-order valence-electron chi connectivity index (χ0n) is 25.5. The molecule has 5 rings (SSSR count). The van der Waals surface area contributed by atoms with Crippen molar-refractivity contribution in [1.82, 2.24) is 14.7 Å². The maximum absolute atomic E-state index is 11.1. The number of benzene rings is 1. The molecule has 2 aliphatic rings. The number of para-hydroxylation sites is 2. The molecule has 248 valence electrons. The lowest BCUT2D eigenvalue weighted by atomic mass is 10.2. The number of esters is 1. The third-order valence-corrected chi connectivity index (χ3v) is 10.5. The molecule has 0 bridgehead atoms. The summed E-state index contributed by atoms with van der Waals surface area (Å²) >= 11 is 3.51. The van der Waals surface area contributed by atoms with Crippen LogP contribution in [0.4, 0.5) is 0 Å². The molecule has 0 radical (unpaired) electrons. The Morgan fingerprint density at radius 2 is 1.57 bits per heavy atom. The van der Waals surface area contributed by atoms with E-state index in [1.54, 1.807) is 23.1 Å². The number of hydrogen-bond acceptors (Lipinski definition) is 9. The Morgan fingerprint density at radius 3 is 2.07 bits per heavy atom. The van der Waals surface area contributed by atoms with Gasteiger partial charge in [-0.25, -0.2) is 23.1 Å². The lowest BCUT2D eigenvalue weighted by Gasteiger charge is -2.13. The number of nitrogens with zero attached hydrogens (tertiary/aromatic N) is 2. The summed E-state index contributed by atoms with van der Waals surface area (Å²) in [6.07, 6.45) is 6.56. The molecule has 2 fully saturated rings. The van der Waals surface area contributed by atoms with Crippen LogP contribution in [0.25, 0.3) is 11.0 Å². The standard InChI is InChI=1S/C16H16N2OS2.C9H16O2.C6H13NO2S.2CH4/c1-11(2)19-16-14(10-21-15-8-5-9-20-15)17-12-6-3-4-7-13(12)18-16;1-7(2)9(10)11-8-5-3-4-6-8;1-5(2)7-10(8,9)6-3-4-6;;/h3-9,11H,10H2,1-2H3;7-8H,3-6H2,1-2H3;5-7H,3-4H2,1-2H3;2*1H4. The molecule has 0 spiro atoms. The molecular weight excluding hydrogens is 615 g/mol. The Labute approximate surface area is 274 Å². The van der Waals surface area contributed by atoms with Crippen LogP contribution in [0.1, 0.15) is 101 Å². The van der Waals surface area contributed by atoms with Crippen molar-refractivity contribution >= 4 is 50.1 Å². The second-order valence-corrected chi connectivity index (χ2v) is 15.6. The van der Waals surface area contributed by atoms with Crippen LogP contribution in [0.15, 0.2) is 46.0 Å². The summed E-state index contributed by atoms with van der Waals surface area (Å²) in [7, 11) is -2.94. The van der Waals surface area contributed by atoms with Gasteiger partial charge in [-0.2, -0.15) is 0 Å². The zero-order valence-corrected chi connectivity index (χ0v) is 28.0. The molecule has 2 aliphatic carbocycles. The van der Waals surface area contributed by atoms with Gasteiger partial charge in [0.25, 0.3) is 0 Å². The second-order valence-electron chi connectivity index (χ2n) is 11.4. The molecule has 2 aromatic heterocycles. The maximum Gasteiger partial charge on any atom is 0.308 e. The first kappa shape index (κ1) is 39.8. The largest absolute Gasteiger partial charge is 0.474 e. The topological polar surface area (TPSA) is 107 Å². The fourth-order valence-electron chi connectivity index (χ4n) is 4.03. The number of ether oxygens (including phenoxy) is 2. The van der Waals surface area contributed by atoms with Crippen molar-refractivity contribution < 1.29 is 22.7 Å². The highest BCUT2D eigenvalue weighted by molar-refractivity contribution is 8.00. The number of fused-ring (bicyclic) bond motifs is 1.